The Bertz CT molecular complexity index is 1280. The first-order valence-electron chi connectivity index (χ1n) is 12.6. The molecule has 2 aromatic heterocycles. The van der Waals surface area contributed by atoms with Crippen LogP contribution >= 0.6 is 11.3 Å². The van der Waals surface area contributed by atoms with Crippen LogP contribution in [-0.2, 0) is 0 Å². The Morgan fingerprint density at radius 2 is 1.71 bits per heavy atom. The van der Waals surface area contributed by atoms with Crippen LogP contribution in [0.5, 0.6) is 0 Å². The van der Waals surface area contributed by atoms with E-state index in [0.717, 1.165) is 41.1 Å². The maximum absolute atomic E-state index is 4.76. The van der Waals surface area contributed by atoms with Crippen LogP contribution in [0.2, 0.25) is 0 Å². The zero-order valence-corrected chi connectivity index (χ0v) is 20.8. The van der Waals surface area contributed by atoms with Gasteiger partial charge in [0.2, 0.25) is 5.95 Å². The summed E-state index contributed by atoms with van der Waals surface area (Å²) in [6, 6.07) is 21.8. The molecule has 6 rings (SSSR count). The number of piperidine rings is 1. The fourth-order valence-electron chi connectivity index (χ4n) is 5.33. The third kappa shape index (κ3) is 4.81. The Morgan fingerprint density at radius 3 is 2.49 bits per heavy atom. The summed E-state index contributed by atoms with van der Waals surface area (Å²) in [5.41, 5.74) is 4.21. The van der Waals surface area contributed by atoms with Crippen molar-refractivity contribution in [2.75, 3.05) is 31.5 Å². The topological polar surface area (TPSA) is 44.3 Å². The van der Waals surface area contributed by atoms with Crippen molar-refractivity contribution in [3.8, 4) is 10.6 Å². The molecule has 4 aromatic rings. The van der Waals surface area contributed by atoms with Gasteiger partial charge in [0.25, 0.3) is 0 Å². The van der Waals surface area contributed by atoms with Crippen molar-refractivity contribution in [3.63, 3.8) is 0 Å². The highest BCUT2D eigenvalue weighted by Gasteiger charge is 2.27. The monoisotopic (exact) mass is 481 g/mol. The largest absolute Gasteiger partial charge is 0.371 e. The number of nitrogens with one attached hydrogen (secondary N) is 1. The third-order valence-corrected chi connectivity index (χ3v) is 8.45. The maximum Gasteiger partial charge on any atom is 0.227 e. The molecule has 0 bridgehead atoms. The molecule has 0 radical (unpaired) electrons. The Hall–Kier alpha value is -3.22. The number of likely N-dealkylation sites (tertiary alicyclic amines) is 2. The van der Waals surface area contributed by atoms with Crippen LogP contribution in [0.3, 0.4) is 0 Å². The molecule has 2 aliphatic rings. The lowest BCUT2D eigenvalue weighted by molar-refractivity contribution is 0.159. The van der Waals surface area contributed by atoms with Crippen molar-refractivity contribution in [1.82, 2.24) is 19.8 Å². The molecule has 0 unspecified atom stereocenters. The normalized spacial score (nSPS) is 17.2. The summed E-state index contributed by atoms with van der Waals surface area (Å²) in [5.74, 6) is 0.607. The molecule has 35 heavy (non-hydrogen) atoms. The molecular formula is C29H31N5S. The van der Waals surface area contributed by atoms with E-state index in [-0.39, 0.29) is 0 Å². The number of nitrogens with zero attached hydrogens (tertiary/aromatic N) is 4. The van der Waals surface area contributed by atoms with Gasteiger partial charge in [0.1, 0.15) is 0 Å². The molecule has 0 spiro atoms. The van der Waals surface area contributed by atoms with Gasteiger partial charge in [0.15, 0.2) is 0 Å². The number of aromatic nitrogens is 2. The molecule has 2 aliphatic heterocycles. The molecule has 2 saturated heterocycles. The second-order valence-corrected chi connectivity index (χ2v) is 10.6. The number of thiophene rings is 1. The molecule has 2 fully saturated rings. The predicted molar refractivity (Wildman–Crippen MR) is 147 cm³/mol. The molecule has 0 atom stereocenters. The van der Waals surface area contributed by atoms with Crippen molar-refractivity contribution in [1.29, 1.82) is 0 Å². The lowest BCUT2D eigenvalue weighted by Gasteiger charge is -2.38. The quantitative estimate of drug-likeness (QED) is 0.335. The minimum absolute atomic E-state index is 0.607. The number of hydrogen-bond donors (Lipinski definition) is 1. The maximum atomic E-state index is 4.76. The molecule has 0 aliphatic carbocycles. The second kappa shape index (κ2) is 9.80. The summed E-state index contributed by atoms with van der Waals surface area (Å²) in [6.45, 7) is 9.18. The van der Waals surface area contributed by atoms with E-state index in [1.54, 1.807) is 11.3 Å². The smallest absolute Gasteiger partial charge is 0.227 e. The molecule has 4 heterocycles. The van der Waals surface area contributed by atoms with Gasteiger partial charge in [-0.2, -0.15) is 0 Å². The van der Waals surface area contributed by atoms with Gasteiger partial charge in [-0.25, -0.2) is 9.97 Å². The van der Waals surface area contributed by atoms with Crippen LogP contribution < -0.4 is 5.32 Å². The summed E-state index contributed by atoms with van der Waals surface area (Å²) in [4.78, 5) is 15.5. The summed E-state index contributed by atoms with van der Waals surface area (Å²) in [5, 5.41) is 4.61. The number of fused-ring (bicyclic) bond motifs is 1. The van der Waals surface area contributed by atoms with Gasteiger partial charge in [-0.15, -0.1) is 11.3 Å². The minimum Gasteiger partial charge on any atom is -0.371 e. The molecule has 0 saturated carbocycles. The van der Waals surface area contributed by atoms with Gasteiger partial charge in [-0.3, -0.25) is 0 Å². The standard InChI is InChI=1S/C29H31N5S/c1-21(33-18-13-25(14-19-33)34-16-4-5-17-34)22-8-10-24(11-9-22)31-29-30-15-12-26(32-29)28-20-23-6-2-3-7-27(23)35-28/h2-3,6-12,15,20,25H,1,4-5,13-14,16-19H2,(H,30,31,32). The Balaban J connectivity index is 1.10. The Morgan fingerprint density at radius 1 is 0.943 bits per heavy atom. The van der Waals surface area contributed by atoms with Crippen molar-refractivity contribution >= 4 is 38.8 Å². The van der Waals surface area contributed by atoms with E-state index in [0.29, 0.717) is 5.95 Å². The molecular weight excluding hydrogens is 450 g/mol. The first-order chi connectivity index (χ1) is 17.2. The highest BCUT2D eigenvalue weighted by Crippen LogP contribution is 2.33. The molecule has 1 N–H and O–H groups in total. The third-order valence-electron chi connectivity index (χ3n) is 7.31. The first kappa shape index (κ1) is 22.3. The summed E-state index contributed by atoms with van der Waals surface area (Å²) in [6.07, 6.45) is 7.04. The van der Waals surface area contributed by atoms with Gasteiger partial charge < -0.3 is 15.1 Å². The number of rotatable bonds is 6. The SMILES string of the molecule is C=C(c1ccc(Nc2nccc(-c3cc4ccccc4s3)n2)cc1)N1CCC(N2CCCC2)CC1. The van der Waals surface area contributed by atoms with Crippen LogP contribution in [0.1, 0.15) is 31.2 Å². The van der Waals surface area contributed by atoms with Crippen LogP contribution in [-0.4, -0.2) is 52.0 Å². The van der Waals surface area contributed by atoms with Crippen LogP contribution in [0.15, 0.2) is 73.4 Å². The second-order valence-electron chi connectivity index (χ2n) is 9.52. The van der Waals surface area contributed by atoms with Crippen molar-refractivity contribution in [2.45, 2.75) is 31.7 Å². The number of anilines is 2. The van der Waals surface area contributed by atoms with E-state index >= 15 is 0 Å². The lowest BCUT2D eigenvalue weighted by atomic mass is 10.0. The number of benzene rings is 2. The van der Waals surface area contributed by atoms with Gasteiger partial charge >= 0.3 is 0 Å². The molecule has 2 aromatic carbocycles. The summed E-state index contributed by atoms with van der Waals surface area (Å²) >= 11 is 1.76. The van der Waals surface area contributed by atoms with E-state index < -0.39 is 0 Å². The molecule has 178 valence electrons. The fraction of sp³-hybridized carbons (Fsp3) is 0.310. The van der Waals surface area contributed by atoms with E-state index in [1.165, 1.54) is 54.4 Å². The van der Waals surface area contributed by atoms with Crippen LogP contribution in [0.4, 0.5) is 11.6 Å². The summed E-state index contributed by atoms with van der Waals surface area (Å²) < 4.78 is 1.27. The highest BCUT2D eigenvalue weighted by molar-refractivity contribution is 7.22. The zero-order valence-electron chi connectivity index (χ0n) is 20.0. The number of hydrogen-bond acceptors (Lipinski definition) is 6. The lowest BCUT2D eigenvalue weighted by Crippen LogP contribution is -2.42. The summed E-state index contributed by atoms with van der Waals surface area (Å²) in [7, 11) is 0. The average Bonchev–Trinajstić information content (AvgIpc) is 3.60. The van der Waals surface area contributed by atoms with Gasteiger partial charge in [0.05, 0.1) is 10.6 Å². The first-order valence-corrected chi connectivity index (χ1v) is 13.4. The van der Waals surface area contributed by atoms with E-state index in [4.69, 9.17) is 4.98 Å². The molecule has 6 heteroatoms. The van der Waals surface area contributed by atoms with E-state index in [9.17, 15) is 0 Å². The van der Waals surface area contributed by atoms with Crippen LogP contribution in [0.25, 0.3) is 26.4 Å². The van der Waals surface area contributed by atoms with Gasteiger partial charge in [-0.05, 0) is 80.1 Å². The fourth-order valence-corrected chi connectivity index (χ4v) is 6.36. The van der Waals surface area contributed by atoms with Crippen molar-refractivity contribution < 1.29 is 0 Å². The van der Waals surface area contributed by atoms with E-state index in [2.05, 4.69) is 81.3 Å². The van der Waals surface area contributed by atoms with E-state index in [1.807, 2.05) is 12.3 Å². The minimum atomic E-state index is 0.607. The van der Waals surface area contributed by atoms with Crippen molar-refractivity contribution in [2.24, 2.45) is 0 Å². The molecule has 5 nitrogen and oxygen atoms in total. The zero-order chi connectivity index (χ0) is 23.6. The Kier molecular flexibility index (Phi) is 6.23. The van der Waals surface area contributed by atoms with Crippen molar-refractivity contribution in [3.05, 3.63) is 79.0 Å². The van der Waals surface area contributed by atoms with Gasteiger partial charge in [-0.1, -0.05) is 36.9 Å². The van der Waals surface area contributed by atoms with Crippen LogP contribution in [0, 0.1) is 0 Å². The highest BCUT2D eigenvalue weighted by atomic mass is 32.1. The predicted octanol–water partition coefficient (Wildman–Crippen LogP) is 6.63. The Labute approximate surface area is 211 Å². The molecule has 0 amide bonds. The average molecular weight is 482 g/mol. The van der Waals surface area contributed by atoms with Gasteiger partial charge in [0, 0.05) is 41.4 Å².